The number of nitrogens with zero attached hydrogens (tertiary/aromatic N) is 2. The molecule has 0 amide bonds. The molecule has 0 spiro atoms. The Balaban J connectivity index is 1.90. The maximum Gasteiger partial charge on any atom is 0.331 e. The van der Waals surface area contributed by atoms with Crippen LogP contribution in [-0.2, 0) is 9.53 Å². The number of carbonyl (C=O) groups is 1. The van der Waals surface area contributed by atoms with Gasteiger partial charge in [0.25, 0.3) is 5.56 Å². The molecule has 29 heavy (non-hydrogen) atoms. The number of aromatic nitrogens is 2. The fraction of sp³-hybridized carbons (Fsp3) is 0.591. The predicted octanol–water partition coefficient (Wildman–Crippen LogP) is 3.26. The summed E-state index contributed by atoms with van der Waals surface area (Å²) in [7, 11) is 0. The summed E-state index contributed by atoms with van der Waals surface area (Å²) in [6, 6.07) is 6.50. The molecular weight excluding hydrogens is 370 g/mol. The lowest BCUT2D eigenvalue weighted by atomic mass is 9.81. The van der Waals surface area contributed by atoms with Crippen LogP contribution in [0.4, 0.5) is 5.82 Å². The highest BCUT2D eigenvalue weighted by atomic mass is 16.5. The summed E-state index contributed by atoms with van der Waals surface area (Å²) in [5.41, 5.74) is 1.17. The van der Waals surface area contributed by atoms with Gasteiger partial charge in [0, 0.05) is 6.04 Å². The number of fused-ring (bicyclic) bond motifs is 1. The van der Waals surface area contributed by atoms with Gasteiger partial charge in [-0.05, 0) is 37.8 Å². The van der Waals surface area contributed by atoms with Crippen LogP contribution >= 0.6 is 0 Å². The van der Waals surface area contributed by atoms with Crippen LogP contribution in [0.3, 0.4) is 0 Å². The molecule has 7 heteroatoms. The number of benzene rings is 1. The SMILES string of the molecule is CCCCOC(=O)[C@H](CO)Nc1nc2ccccc2n([C@@H](C)CC2CCC2)c1=O. The van der Waals surface area contributed by atoms with Gasteiger partial charge in [-0.3, -0.25) is 4.79 Å². The number of rotatable bonds is 10. The van der Waals surface area contributed by atoms with Gasteiger partial charge in [0.05, 0.1) is 24.2 Å². The van der Waals surface area contributed by atoms with E-state index in [0.717, 1.165) is 24.8 Å². The van der Waals surface area contributed by atoms with E-state index in [9.17, 15) is 14.7 Å². The summed E-state index contributed by atoms with van der Waals surface area (Å²) in [5, 5.41) is 12.5. The van der Waals surface area contributed by atoms with Crippen LogP contribution in [-0.4, -0.2) is 39.9 Å². The van der Waals surface area contributed by atoms with Crippen LogP contribution in [0.25, 0.3) is 11.0 Å². The van der Waals surface area contributed by atoms with E-state index in [4.69, 9.17) is 4.74 Å². The van der Waals surface area contributed by atoms with Gasteiger partial charge >= 0.3 is 5.97 Å². The average Bonchev–Trinajstić information content (AvgIpc) is 2.69. The van der Waals surface area contributed by atoms with Crippen LogP contribution in [0.15, 0.2) is 29.1 Å². The molecule has 0 unspecified atom stereocenters. The number of hydrogen-bond donors (Lipinski definition) is 2. The number of para-hydroxylation sites is 2. The Morgan fingerprint density at radius 3 is 2.79 bits per heavy atom. The highest BCUT2D eigenvalue weighted by Gasteiger charge is 2.25. The average molecular weight is 402 g/mol. The van der Waals surface area contributed by atoms with Gasteiger partial charge in [-0.1, -0.05) is 44.7 Å². The Kier molecular flexibility index (Phi) is 7.25. The maximum atomic E-state index is 13.3. The van der Waals surface area contributed by atoms with Crippen LogP contribution in [0.5, 0.6) is 0 Å². The molecule has 2 N–H and O–H groups in total. The van der Waals surface area contributed by atoms with Crippen molar-refractivity contribution < 1.29 is 14.6 Å². The molecular formula is C22H31N3O4. The molecule has 0 aliphatic heterocycles. The number of aliphatic hydroxyl groups is 1. The quantitative estimate of drug-likeness (QED) is 0.469. The molecule has 2 atom stereocenters. The van der Waals surface area contributed by atoms with Crippen LogP contribution in [0.2, 0.25) is 0 Å². The van der Waals surface area contributed by atoms with Crippen LogP contribution in [0, 0.1) is 5.92 Å². The van der Waals surface area contributed by atoms with Gasteiger partial charge < -0.3 is 19.7 Å². The second-order valence-corrected chi connectivity index (χ2v) is 7.91. The minimum Gasteiger partial charge on any atom is -0.464 e. The topological polar surface area (TPSA) is 93.4 Å². The van der Waals surface area contributed by atoms with Crippen molar-refractivity contribution in [2.24, 2.45) is 5.92 Å². The first-order valence-electron chi connectivity index (χ1n) is 10.6. The minimum absolute atomic E-state index is 0.0188. The number of unbranched alkanes of at least 4 members (excludes halogenated alkanes) is 1. The summed E-state index contributed by atoms with van der Waals surface area (Å²) >= 11 is 0. The molecule has 1 fully saturated rings. The van der Waals surface area contributed by atoms with E-state index in [1.54, 1.807) is 4.57 Å². The van der Waals surface area contributed by atoms with Gasteiger partial charge in [0.2, 0.25) is 0 Å². The van der Waals surface area contributed by atoms with E-state index in [2.05, 4.69) is 17.2 Å². The van der Waals surface area contributed by atoms with Gasteiger partial charge in [0.1, 0.15) is 6.04 Å². The zero-order valence-electron chi connectivity index (χ0n) is 17.3. The standard InChI is InChI=1S/C22H31N3O4/c1-3-4-12-29-22(28)18(14-26)24-20-21(27)25(15(2)13-16-8-7-9-16)19-11-6-5-10-17(19)23-20/h5-6,10-11,15-16,18,26H,3-4,7-9,12-14H2,1-2H3,(H,23,24)/t15-,18-/m0/s1. The van der Waals surface area contributed by atoms with Crippen LogP contribution in [0.1, 0.15) is 58.4 Å². The van der Waals surface area contributed by atoms with Gasteiger partial charge in [0.15, 0.2) is 5.82 Å². The van der Waals surface area contributed by atoms with E-state index >= 15 is 0 Å². The number of esters is 1. The number of ether oxygens (including phenoxy) is 1. The molecule has 1 saturated carbocycles. The third-order valence-electron chi connectivity index (χ3n) is 5.66. The Bertz CT molecular complexity index is 891. The molecule has 2 aromatic rings. The van der Waals surface area contributed by atoms with E-state index in [-0.39, 0.29) is 17.4 Å². The Morgan fingerprint density at radius 2 is 2.14 bits per heavy atom. The molecule has 0 radical (unpaired) electrons. The molecule has 158 valence electrons. The third kappa shape index (κ3) is 4.96. The van der Waals surface area contributed by atoms with E-state index in [0.29, 0.717) is 18.0 Å². The number of carbonyl (C=O) groups excluding carboxylic acids is 1. The fourth-order valence-corrected chi connectivity index (χ4v) is 3.76. The van der Waals surface area contributed by atoms with Crippen LogP contribution < -0.4 is 10.9 Å². The first kappa shape index (κ1) is 21.3. The number of nitrogens with one attached hydrogen (secondary N) is 1. The predicted molar refractivity (Wildman–Crippen MR) is 113 cm³/mol. The number of hydrogen-bond acceptors (Lipinski definition) is 6. The minimum atomic E-state index is -1.02. The van der Waals surface area contributed by atoms with Crippen molar-refractivity contribution >= 4 is 22.8 Å². The molecule has 7 nitrogen and oxygen atoms in total. The smallest absolute Gasteiger partial charge is 0.331 e. The lowest BCUT2D eigenvalue weighted by Crippen LogP contribution is -2.39. The summed E-state index contributed by atoms with van der Waals surface area (Å²) in [6.45, 7) is 3.87. The van der Waals surface area contributed by atoms with E-state index < -0.39 is 18.6 Å². The highest BCUT2D eigenvalue weighted by molar-refractivity contribution is 5.80. The Labute approximate surface area is 171 Å². The summed E-state index contributed by atoms with van der Waals surface area (Å²) in [5.74, 6) is 0.138. The Morgan fingerprint density at radius 1 is 1.38 bits per heavy atom. The molecule has 1 aliphatic rings. The lowest BCUT2D eigenvalue weighted by Gasteiger charge is -2.29. The molecule has 1 heterocycles. The summed E-state index contributed by atoms with van der Waals surface area (Å²) < 4.78 is 6.95. The van der Waals surface area contributed by atoms with E-state index in [1.807, 2.05) is 31.2 Å². The van der Waals surface area contributed by atoms with Crippen molar-refractivity contribution in [2.45, 2.75) is 64.5 Å². The first-order valence-corrected chi connectivity index (χ1v) is 10.6. The van der Waals surface area contributed by atoms with Gasteiger partial charge in [-0.2, -0.15) is 0 Å². The van der Waals surface area contributed by atoms with Crippen molar-refractivity contribution in [1.29, 1.82) is 0 Å². The largest absolute Gasteiger partial charge is 0.464 e. The molecule has 0 bridgehead atoms. The van der Waals surface area contributed by atoms with Crippen molar-refractivity contribution in [3.63, 3.8) is 0 Å². The van der Waals surface area contributed by atoms with Crippen molar-refractivity contribution in [1.82, 2.24) is 9.55 Å². The normalized spacial score (nSPS) is 16.2. The molecule has 1 aromatic carbocycles. The summed E-state index contributed by atoms with van der Waals surface area (Å²) in [6.07, 6.45) is 6.28. The molecule has 3 rings (SSSR count). The van der Waals surface area contributed by atoms with Crippen molar-refractivity contribution in [3.05, 3.63) is 34.6 Å². The monoisotopic (exact) mass is 401 g/mol. The Hall–Kier alpha value is -2.41. The second kappa shape index (κ2) is 9.87. The van der Waals surface area contributed by atoms with Gasteiger partial charge in [-0.25, -0.2) is 9.78 Å². The zero-order chi connectivity index (χ0) is 20.8. The lowest BCUT2D eigenvalue weighted by molar-refractivity contribution is -0.145. The highest BCUT2D eigenvalue weighted by Crippen LogP contribution is 2.34. The molecule has 0 saturated heterocycles. The molecule has 1 aromatic heterocycles. The number of anilines is 1. The summed E-state index contributed by atoms with van der Waals surface area (Å²) in [4.78, 5) is 29.9. The van der Waals surface area contributed by atoms with E-state index in [1.165, 1.54) is 19.3 Å². The van der Waals surface area contributed by atoms with Gasteiger partial charge in [-0.15, -0.1) is 0 Å². The maximum absolute atomic E-state index is 13.3. The molecule has 1 aliphatic carbocycles. The third-order valence-corrected chi connectivity index (χ3v) is 5.66. The van der Waals surface area contributed by atoms with Crippen molar-refractivity contribution in [2.75, 3.05) is 18.5 Å². The van der Waals surface area contributed by atoms with Crippen molar-refractivity contribution in [3.8, 4) is 0 Å². The first-order chi connectivity index (χ1) is 14.0. The second-order valence-electron chi connectivity index (χ2n) is 7.91. The zero-order valence-corrected chi connectivity index (χ0v) is 17.3. The fourth-order valence-electron chi connectivity index (χ4n) is 3.76. The number of aliphatic hydroxyl groups excluding tert-OH is 1.